The van der Waals surface area contributed by atoms with Gasteiger partial charge in [0.1, 0.15) is 5.76 Å². The maximum absolute atomic E-state index is 12.7. The zero-order valence-corrected chi connectivity index (χ0v) is 13.5. The molecule has 6 atom stereocenters. The van der Waals surface area contributed by atoms with E-state index in [1.54, 1.807) is 0 Å². The molecule has 0 amide bonds. The molecule has 4 aliphatic rings. The highest BCUT2D eigenvalue weighted by atomic mass is 16.3. The number of carbonyl (C=O) groups excluding carboxylic acids is 1. The van der Waals surface area contributed by atoms with Crippen LogP contribution in [0.25, 0.3) is 0 Å². The molecule has 0 bridgehead atoms. The fourth-order valence-electron chi connectivity index (χ4n) is 6.27. The van der Waals surface area contributed by atoms with Crippen molar-refractivity contribution in [2.75, 3.05) is 0 Å². The second-order valence-corrected chi connectivity index (χ2v) is 8.36. The van der Waals surface area contributed by atoms with Crippen molar-refractivity contribution < 1.29 is 15.0 Å². The second kappa shape index (κ2) is 4.47. The Morgan fingerprint density at radius 2 is 1.86 bits per heavy atom. The Balaban J connectivity index is 1.73. The van der Waals surface area contributed by atoms with E-state index in [0.29, 0.717) is 17.8 Å². The van der Waals surface area contributed by atoms with Gasteiger partial charge >= 0.3 is 0 Å². The smallest absolute Gasteiger partial charge is 0.169 e. The van der Waals surface area contributed by atoms with Crippen molar-refractivity contribution in [1.29, 1.82) is 0 Å². The molecule has 0 aromatic rings. The fourth-order valence-corrected chi connectivity index (χ4v) is 6.27. The molecule has 0 aliphatic heterocycles. The van der Waals surface area contributed by atoms with Crippen LogP contribution in [0.3, 0.4) is 0 Å². The normalized spacial score (nSPS) is 50.6. The summed E-state index contributed by atoms with van der Waals surface area (Å²) in [6, 6.07) is 0. The van der Waals surface area contributed by atoms with E-state index in [0.717, 1.165) is 44.1 Å². The number of ketones is 1. The van der Waals surface area contributed by atoms with Crippen LogP contribution in [0.4, 0.5) is 0 Å². The van der Waals surface area contributed by atoms with Crippen LogP contribution in [-0.4, -0.2) is 22.1 Å². The first kappa shape index (κ1) is 14.5. The first-order valence-corrected chi connectivity index (χ1v) is 8.71. The van der Waals surface area contributed by atoms with Crippen LogP contribution in [0, 0.1) is 28.6 Å². The number of aliphatic hydroxyl groups is 2. The van der Waals surface area contributed by atoms with E-state index in [4.69, 9.17) is 0 Å². The van der Waals surface area contributed by atoms with Gasteiger partial charge in [0, 0.05) is 6.08 Å². The highest BCUT2D eigenvalue weighted by Gasteiger charge is 2.60. The van der Waals surface area contributed by atoms with E-state index in [9.17, 15) is 15.0 Å². The van der Waals surface area contributed by atoms with Gasteiger partial charge in [0.05, 0.1) is 11.5 Å². The Labute approximate surface area is 132 Å². The van der Waals surface area contributed by atoms with Crippen LogP contribution in [0.2, 0.25) is 0 Å². The third-order valence-corrected chi connectivity index (χ3v) is 7.66. The van der Waals surface area contributed by atoms with E-state index < -0.39 is 5.41 Å². The van der Waals surface area contributed by atoms with Crippen molar-refractivity contribution in [1.82, 2.24) is 0 Å². The molecule has 0 heterocycles. The quantitative estimate of drug-likeness (QED) is 0.719. The van der Waals surface area contributed by atoms with Gasteiger partial charge in [-0.25, -0.2) is 0 Å². The minimum Gasteiger partial charge on any atom is -0.508 e. The molecule has 2 N–H and O–H groups in total. The first-order chi connectivity index (χ1) is 10.4. The highest BCUT2D eigenvalue weighted by molar-refractivity contribution is 5.99. The molecule has 22 heavy (non-hydrogen) atoms. The number of carbonyl (C=O) groups is 1. The summed E-state index contributed by atoms with van der Waals surface area (Å²) in [4.78, 5) is 12.7. The second-order valence-electron chi connectivity index (χ2n) is 8.36. The topological polar surface area (TPSA) is 57.5 Å². The summed E-state index contributed by atoms with van der Waals surface area (Å²) in [5.41, 5.74) is 0.749. The molecule has 4 rings (SSSR count). The van der Waals surface area contributed by atoms with Gasteiger partial charge < -0.3 is 10.2 Å². The molecule has 3 nitrogen and oxygen atoms in total. The van der Waals surface area contributed by atoms with Crippen LogP contribution in [0.1, 0.15) is 52.4 Å². The molecule has 4 aliphatic carbocycles. The molecular weight excluding hydrogens is 276 g/mol. The number of aliphatic hydroxyl groups excluding tert-OH is 2. The lowest BCUT2D eigenvalue weighted by molar-refractivity contribution is -0.132. The Morgan fingerprint density at radius 1 is 1.09 bits per heavy atom. The molecule has 0 saturated heterocycles. The lowest BCUT2D eigenvalue weighted by Gasteiger charge is -2.56. The van der Waals surface area contributed by atoms with Gasteiger partial charge in [-0.15, -0.1) is 0 Å². The zero-order chi connectivity index (χ0) is 15.7. The van der Waals surface area contributed by atoms with Crippen LogP contribution in [0.5, 0.6) is 0 Å². The van der Waals surface area contributed by atoms with Crippen LogP contribution in [-0.2, 0) is 4.79 Å². The molecule has 3 heteroatoms. The van der Waals surface area contributed by atoms with Crippen molar-refractivity contribution in [2.45, 2.75) is 58.5 Å². The van der Waals surface area contributed by atoms with Gasteiger partial charge in [0.2, 0.25) is 0 Å². The van der Waals surface area contributed by atoms with E-state index in [-0.39, 0.29) is 23.1 Å². The van der Waals surface area contributed by atoms with Gasteiger partial charge in [-0.3, -0.25) is 4.79 Å². The van der Waals surface area contributed by atoms with Crippen LogP contribution < -0.4 is 0 Å². The SMILES string of the molecule is C[C@]12C(=O)C=C(O)C=C1CC[C@@H]1[C@@H]2CC[C@]2(C)[C@@H](O)CC[C@@H]12. The molecule has 120 valence electrons. The molecule has 0 aromatic heterocycles. The standard InChI is InChI=1S/C19H26O3/c1-18-8-7-15-13(14(18)5-6-16(18)21)4-3-11-9-12(20)10-17(22)19(11,15)2/h9-10,13-16,20-21H,3-8H2,1-2H3/t13-,14-,15-,16-,18-,19-/m0/s1. The van der Waals surface area contributed by atoms with Gasteiger partial charge in [-0.2, -0.15) is 0 Å². The minimum absolute atomic E-state index is 0.0500. The molecule has 0 unspecified atom stereocenters. The summed E-state index contributed by atoms with van der Waals surface area (Å²) >= 11 is 0. The Hall–Kier alpha value is -1.09. The van der Waals surface area contributed by atoms with Crippen molar-refractivity contribution in [3.63, 3.8) is 0 Å². The number of allylic oxidation sites excluding steroid dienone is 3. The van der Waals surface area contributed by atoms with E-state index in [1.807, 2.05) is 6.08 Å². The monoisotopic (exact) mass is 302 g/mol. The number of hydrogen-bond donors (Lipinski definition) is 2. The molecule has 3 fully saturated rings. The van der Waals surface area contributed by atoms with Crippen molar-refractivity contribution in [3.05, 3.63) is 23.5 Å². The van der Waals surface area contributed by atoms with E-state index in [2.05, 4.69) is 13.8 Å². The third-order valence-electron chi connectivity index (χ3n) is 7.66. The van der Waals surface area contributed by atoms with Gasteiger partial charge in [0.15, 0.2) is 5.78 Å². The maximum atomic E-state index is 12.7. The first-order valence-electron chi connectivity index (χ1n) is 8.71. The lowest BCUT2D eigenvalue weighted by Crippen LogP contribution is -2.53. The van der Waals surface area contributed by atoms with E-state index >= 15 is 0 Å². The van der Waals surface area contributed by atoms with Gasteiger partial charge in [-0.1, -0.05) is 12.5 Å². The van der Waals surface area contributed by atoms with E-state index in [1.165, 1.54) is 6.08 Å². The van der Waals surface area contributed by atoms with Gasteiger partial charge in [0.25, 0.3) is 0 Å². The van der Waals surface area contributed by atoms with Crippen molar-refractivity contribution in [3.8, 4) is 0 Å². The molecule has 0 aromatic carbocycles. The summed E-state index contributed by atoms with van der Waals surface area (Å²) in [5.74, 6) is 1.66. The number of hydrogen-bond acceptors (Lipinski definition) is 3. The Bertz CT molecular complexity index is 589. The van der Waals surface area contributed by atoms with Crippen molar-refractivity contribution in [2.24, 2.45) is 28.6 Å². The lowest BCUT2D eigenvalue weighted by atomic mass is 9.47. The highest BCUT2D eigenvalue weighted by Crippen LogP contribution is 2.64. The third kappa shape index (κ3) is 1.63. The maximum Gasteiger partial charge on any atom is 0.169 e. The summed E-state index contributed by atoms with van der Waals surface area (Å²) in [6.07, 6.45) is 9.13. The summed E-state index contributed by atoms with van der Waals surface area (Å²) < 4.78 is 0. The largest absolute Gasteiger partial charge is 0.508 e. The number of rotatable bonds is 0. The predicted octanol–water partition coefficient (Wildman–Crippen LogP) is 3.54. The summed E-state index contributed by atoms with van der Waals surface area (Å²) in [7, 11) is 0. The van der Waals surface area contributed by atoms with Gasteiger partial charge in [-0.05, 0) is 74.7 Å². The zero-order valence-electron chi connectivity index (χ0n) is 13.5. The summed E-state index contributed by atoms with van der Waals surface area (Å²) in [6.45, 7) is 4.35. The molecule has 0 spiro atoms. The Morgan fingerprint density at radius 3 is 2.64 bits per heavy atom. The number of fused-ring (bicyclic) bond motifs is 5. The molecule has 3 saturated carbocycles. The minimum atomic E-state index is -0.427. The van der Waals surface area contributed by atoms with Crippen molar-refractivity contribution >= 4 is 5.78 Å². The van der Waals surface area contributed by atoms with Crippen LogP contribution >= 0.6 is 0 Å². The molecule has 0 radical (unpaired) electrons. The average Bonchev–Trinajstić information content (AvgIpc) is 2.77. The summed E-state index contributed by atoms with van der Waals surface area (Å²) in [5, 5.41) is 20.2. The van der Waals surface area contributed by atoms with Crippen LogP contribution in [0.15, 0.2) is 23.5 Å². The Kier molecular flexibility index (Phi) is 2.95. The fraction of sp³-hybridized carbons (Fsp3) is 0.737. The molecular formula is C19H26O3. The predicted molar refractivity (Wildman–Crippen MR) is 84.2 cm³/mol. The average molecular weight is 302 g/mol.